The van der Waals surface area contributed by atoms with Crippen molar-refractivity contribution < 1.29 is 4.79 Å². The molecule has 0 saturated carbocycles. The third kappa shape index (κ3) is 3.42. The van der Waals surface area contributed by atoms with Crippen molar-refractivity contribution in [2.24, 2.45) is 11.8 Å². The Balaban J connectivity index is 2.89. The van der Waals surface area contributed by atoms with E-state index in [2.05, 4.69) is 27.0 Å². The Morgan fingerprint density at radius 3 is 2.47 bits per heavy atom. The lowest BCUT2D eigenvalue weighted by Gasteiger charge is -2.16. The fourth-order valence-corrected chi connectivity index (χ4v) is 1.84. The van der Waals surface area contributed by atoms with Crippen LogP contribution in [0.5, 0.6) is 0 Å². The minimum Gasteiger partial charge on any atom is -0.294 e. The highest BCUT2D eigenvalue weighted by molar-refractivity contribution is 5.99. The van der Waals surface area contributed by atoms with Gasteiger partial charge in [0, 0.05) is 12.0 Å². The quantitative estimate of drug-likeness (QED) is 0.522. The second-order valence-electron chi connectivity index (χ2n) is 4.56. The van der Waals surface area contributed by atoms with Gasteiger partial charge < -0.3 is 0 Å². The summed E-state index contributed by atoms with van der Waals surface area (Å²) in [5.74, 6) is 0.840. The van der Waals surface area contributed by atoms with Gasteiger partial charge in [0.25, 0.3) is 0 Å². The van der Waals surface area contributed by atoms with Gasteiger partial charge >= 0.3 is 0 Å². The first-order chi connectivity index (χ1) is 8.10. The summed E-state index contributed by atoms with van der Waals surface area (Å²) in [5, 5.41) is 0. The summed E-state index contributed by atoms with van der Waals surface area (Å²) in [5.41, 5.74) is 1.67. The molecule has 0 spiro atoms. The molecule has 0 radical (unpaired) electrons. The molecule has 0 fully saturated rings. The maximum atomic E-state index is 12.2. The van der Waals surface area contributed by atoms with Crippen molar-refractivity contribution in [1.29, 1.82) is 0 Å². The molecule has 0 bridgehead atoms. The minimum absolute atomic E-state index is 0.166. The van der Waals surface area contributed by atoms with Gasteiger partial charge in [0.2, 0.25) is 0 Å². The monoisotopic (exact) mass is 228 g/mol. The van der Waals surface area contributed by atoms with Gasteiger partial charge in [-0.3, -0.25) is 4.79 Å². The number of rotatable bonds is 6. The summed E-state index contributed by atoms with van der Waals surface area (Å²) >= 11 is 0. The van der Waals surface area contributed by atoms with Crippen LogP contribution in [0.3, 0.4) is 0 Å². The van der Waals surface area contributed by atoms with Crippen LogP contribution in [-0.4, -0.2) is 5.78 Å². The highest BCUT2D eigenvalue weighted by atomic mass is 16.1. The van der Waals surface area contributed by atoms with Crippen LogP contribution >= 0.6 is 0 Å². The largest absolute Gasteiger partial charge is 0.294 e. The van der Waals surface area contributed by atoms with E-state index in [-0.39, 0.29) is 11.7 Å². The van der Waals surface area contributed by atoms with E-state index in [1.807, 2.05) is 30.3 Å². The van der Waals surface area contributed by atoms with Gasteiger partial charge in [-0.25, -0.2) is 0 Å². The fraction of sp³-hybridized carbons (Fsp3) is 0.312. The van der Waals surface area contributed by atoms with Gasteiger partial charge in [-0.05, 0) is 17.4 Å². The van der Waals surface area contributed by atoms with E-state index in [9.17, 15) is 4.79 Å². The molecule has 1 heteroatoms. The summed E-state index contributed by atoms with van der Waals surface area (Å²) in [6, 6.07) is 7.58. The number of hydrogen-bond acceptors (Lipinski definition) is 1. The molecule has 1 nitrogen and oxygen atoms in total. The van der Waals surface area contributed by atoms with Gasteiger partial charge in [0.15, 0.2) is 5.78 Å². The summed E-state index contributed by atoms with van der Waals surface area (Å²) in [7, 11) is 0. The van der Waals surface area contributed by atoms with E-state index in [1.54, 1.807) is 6.08 Å². The van der Waals surface area contributed by atoms with E-state index < -0.39 is 0 Å². The van der Waals surface area contributed by atoms with Gasteiger partial charge in [0.05, 0.1) is 0 Å². The molecule has 0 aliphatic carbocycles. The van der Waals surface area contributed by atoms with Crippen molar-refractivity contribution in [3.63, 3.8) is 0 Å². The number of ketones is 1. The van der Waals surface area contributed by atoms with E-state index in [1.165, 1.54) is 0 Å². The molecule has 1 rings (SSSR count). The van der Waals surface area contributed by atoms with Crippen LogP contribution in [0.2, 0.25) is 0 Å². The average Bonchev–Trinajstić information content (AvgIpc) is 2.35. The average molecular weight is 228 g/mol. The van der Waals surface area contributed by atoms with Crippen LogP contribution in [-0.2, 0) is 0 Å². The molecule has 17 heavy (non-hydrogen) atoms. The van der Waals surface area contributed by atoms with E-state index in [0.29, 0.717) is 12.3 Å². The number of allylic oxidation sites excluding steroid dienone is 1. The van der Waals surface area contributed by atoms with E-state index in [4.69, 9.17) is 0 Å². The molecule has 0 aliphatic heterocycles. The fourth-order valence-electron chi connectivity index (χ4n) is 1.84. The van der Waals surface area contributed by atoms with Crippen molar-refractivity contribution in [3.8, 4) is 0 Å². The van der Waals surface area contributed by atoms with Crippen molar-refractivity contribution >= 4 is 11.9 Å². The molecular formula is C16H20O. The van der Waals surface area contributed by atoms with Crippen LogP contribution in [0.1, 0.15) is 36.2 Å². The lowest BCUT2D eigenvalue weighted by Crippen LogP contribution is -2.12. The zero-order valence-electron chi connectivity index (χ0n) is 10.6. The molecule has 1 atom stereocenters. The zero-order chi connectivity index (χ0) is 12.8. The van der Waals surface area contributed by atoms with Crippen LogP contribution in [0.15, 0.2) is 43.5 Å². The molecule has 0 heterocycles. The first-order valence-corrected chi connectivity index (χ1v) is 5.97. The summed E-state index contributed by atoms with van der Waals surface area (Å²) in [4.78, 5) is 12.2. The molecule has 0 aliphatic rings. The standard InChI is InChI=1S/C16H20O/c1-5-13-9-7-8-10-15(13)16(17)11-14(6-2)12(3)4/h5-10,12,14H,1-2,11H2,3-4H3. The molecule has 0 aromatic heterocycles. The first-order valence-electron chi connectivity index (χ1n) is 5.97. The second kappa shape index (κ2) is 6.19. The maximum absolute atomic E-state index is 12.2. The number of carbonyl (C=O) groups excluding carboxylic acids is 1. The highest BCUT2D eigenvalue weighted by Crippen LogP contribution is 2.21. The summed E-state index contributed by atoms with van der Waals surface area (Å²) in [6.07, 6.45) is 4.12. The Labute approximate surface area is 104 Å². The van der Waals surface area contributed by atoms with Crippen LogP contribution in [0, 0.1) is 11.8 Å². The first kappa shape index (κ1) is 13.4. The lowest BCUT2D eigenvalue weighted by molar-refractivity contribution is 0.0960. The van der Waals surface area contributed by atoms with E-state index >= 15 is 0 Å². The molecule has 1 unspecified atom stereocenters. The maximum Gasteiger partial charge on any atom is 0.164 e. The molecule has 1 aromatic carbocycles. The number of Topliss-reactive ketones (excluding diaryl/α,β-unsaturated/α-hetero) is 1. The van der Waals surface area contributed by atoms with Gasteiger partial charge in [-0.15, -0.1) is 6.58 Å². The topological polar surface area (TPSA) is 17.1 Å². The SMILES string of the molecule is C=Cc1ccccc1C(=O)CC(C=C)C(C)C. The van der Waals surface area contributed by atoms with Gasteiger partial charge in [-0.2, -0.15) is 0 Å². The number of hydrogen-bond donors (Lipinski definition) is 0. The Morgan fingerprint density at radius 1 is 1.29 bits per heavy atom. The Hall–Kier alpha value is -1.63. The molecule has 0 saturated heterocycles. The van der Waals surface area contributed by atoms with Crippen LogP contribution in [0.4, 0.5) is 0 Å². The number of carbonyl (C=O) groups is 1. The Morgan fingerprint density at radius 2 is 1.94 bits per heavy atom. The summed E-state index contributed by atoms with van der Waals surface area (Å²) < 4.78 is 0. The normalized spacial score (nSPS) is 12.2. The molecule has 1 aromatic rings. The summed E-state index contributed by atoms with van der Waals surface area (Å²) in [6.45, 7) is 11.8. The number of benzene rings is 1. The van der Waals surface area contributed by atoms with Crippen molar-refractivity contribution in [3.05, 3.63) is 54.6 Å². The minimum atomic E-state index is 0.166. The van der Waals surface area contributed by atoms with Crippen LogP contribution in [0.25, 0.3) is 6.08 Å². The zero-order valence-corrected chi connectivity index (χ0v) is 10.6. The third-order valence-electron chi connectivity index (χ3n) is 3.06. The smallest absolute Gasteiger partial charge is 0.164 e. The van der Waals surface area contributed by atoms with Gasteiger partial charge in [0.1, 0.15) is 0 Å². The third-order valence-corrected chi connectivity index (χ3v) is 3.06. The van der Waals surface area contributed by atoms with Crippen LogP contribution < -0.4 is 0 Å². The molecule has 90 valence electrons. The van der Waals surface area contributed by atoms with Crippen molar-refractivity contribution in [1.82, 2.24) is 0 Å². The predicted octanol–water partition coefficient (Wildman–Crippen LogP) is 4.36. The highest BCUT2D eigenvalue weighted by Gasteiger charge is 2.16. The second-order valence-corrected chi connectivity index (χ2v) is 4.56. The lowest BCUT2D eigenvalue weighted by atomic mass is 9.88. The van der Waals surface area contributed by atoms with Crippen molar-refractivity contribution in [2.45, 2.75) is 20.3 Å². The molecule has 0 N–H and O–H groups in total. The Kier molecular flexibility index (Phi) is 4.89. The van der Waals surface area contributed by atoms with Gasteiger partial charge in [-0.1, -0.05) is 56.8 Å². The van der Waals surface area contributed by atoms with Crippen molar-refractivity contribution in [2.75, 3.05) is 0 Å². The molecular weight excluding hydrogens is 208 g/mol. The van der Waals surface area contributed by atoms with E-state index in [0.717, 1.165) is 11.1 Å². The predicted molar refractivity (Wildman–Crippen MR) is 74.0 cm³/mol. The Bertz CT molecular complexity index is 415. The molecule has 0 amide bonds.